The lowest BCUT2D eigenvalue weighted by molar-refractivity contribution is -0.282. The first kappa shape index (κ1) is 21.0. The summed E-state index contributed by atoms with van der Waals surface area (Å²) in [6, 6.07) is 18.4. The van der Waals surface area contributed by atoms with Crippen molar-refractivity contribution in [1.82, 2.24) is 5.32 Å². The van der Waals surface area contributed by atoms with Crippen molar-refractivity contribution in [2.45, 2.75) is 50.8 Å². The zero-order chi connectivity index (χ0) is 22.2. The molecule has 0 unspecified atom stereocenters. The molecular formula is C23H29NO6. The fourth-order valence-corrected chi connectivity index (χ4v) is 3.49. The molecule has 2 aromatic carbocycles. The van der Waals surface area contributed by atoms with Gasteiger partial charge in [-0.2, -0.15) is 0 Å². The Morgan fingerprint density at radius 1 is 1.03 bits per heavy atom. The van der Waals surface area contributed by atoms with E-state index in [4.69, 9.17) is 20.3 Å². The van der Waals surface area contributed by atoms with E-state index in [9.17, 15) is 9.90 Å². The number of ether oxygens (including phenoxy) is 4. The molecule has 3 rings (SSSR count). The highest BCUT2D eigenvalue weighted by atomic mass is 16.7. The molecule has 2 aromatic rings. The van der Waals surface area contributed by atoms with E-state index in [1.54, 1.807) is 0 Å². The van der Waals surface area contributed by atoms with Crippen molar-refractivity contribution in [2.75, 3.05) is 13.7 Å². The van der Waals surface area contributed by atoms with E-state index in [1.807, 2.05) is 60.7 Å². The van der Waals surface area contributed by atoms with E-state index in [0.29, 0.717) is 0 Å². The summed E-state index contributed by atoms with van der Waals surface area (Å²) in [4.78, 5) is 11.9. The second kappa shape index (κ2) is 11.2. The Hall–Kier alpha value is -2.29. The molecule has 0 saturated carbocycles. The van der Waals surface area contributed by atoms with Crippen LogP contribution in [0.4, 0.5) is 0 Å². The average molecular weight is 416 g/mol. The van der Waals surface area contributed by atoms with Gasteiger partial charge in [-0.05, 0) is 11.1 Å². The van der Waals surface area contributed by atoms with Gasteiger partial charge in [-0.25, -0.2) is 0 Å². The van der Waals surface area contributed by atoms with Gasteiger partial charge in [-0.3, -0.25) is 4.79 Å². The highest BCUT2D eigenvalue weighted by Crippen LogP contribution is 2.28. The van der Waals surface area contributed by atoms with Crippen LogP contribution in [0.1, 0.15) is 19.4 Å². The number of carbonyl (C=O) groups excluding carboxylic acids is 1. The molecule has 7 heteroatoms. The smallest absolute Gasteiger partial charge is 0.217 e. The van der Waals surface area contributed by atoms with Crippen LogP contribution in [0.15, 0.2) is 60.7 Å². The van der Waals surface area contributed by atoms with Gasteiger partial charge in [-0.15, -0.1) is 0 Å². The maximum atomic E-state index is 11.9. The first-order chi connectivity index (χ1) is 15.0. The van der Waals surface area contributed by atoms with E-state index in [2.05, 4.69) is 5.32 Å². The van der Waals surface area contributed by atoms with E-state index in [0.717, 1.165) is 11.1 Å². The number of carbonyl (C=O) groups is 1. The maximum absolute atomic E-state index is 11.9. The Labute approximate surface area is 178 Å². The van der Waals surface area contributed by atoms with Crippen molar-refractivity contribution in [3.63, 3.8) is 0 Å². The van der Waals surface area contributed by atoms with Crippen molar-refractivity contribution < 1.29 is 30.2 Å². The normalized spacial score (nSPS) is 27.8. The third-order valence-corrected chi connectivity index (χ3v) is 4.91. The van der Waals surface area contributed by atoms with Crippen molar-refractivity contribution in [2.24, 2.45) is 0 Å². The van der Waals surface area contributed by atoms with Crippen LogP contribution in [0.5, 0.6) is 0 Å². The molecule has 6 atom stereocenters. The van der Waals surface area contributed by atoms with Crippen LogP contribution in [0, 0.1) is 0 Å². The third-order valence-electron chi connectivity index (χ3n) is 4.91. The predicted octanol–water partition coefficient (Wildman–Crippen LogP) is 2.03. The summed E-state index contributed by atoms with van der Waals surface area (Å²) in [7, 11) is 1.44. The number of aliphatic hydroxyl groups excluding tert-OH is 1. The molecule has 0 spiro atoms. The van der Waals surface area contributed by atoms with Gasteiger partial charge in [0, 0.05) is 14.0 Å². The van der Waals surface area contributed by atoms with Crippen molar-refractivity contribution >= 4 is 5.91 Å². The van der Waals surface area contributed by atoms with Gasteiger partial charge in [0.05, 0.1) is 21.2 Å². The molecule has 7 nitrogen and oxygen atoms in total. The predicted molar refractivity (Wildman–Crippen MR) is 110 cm³/mol. The van der Waals surface area contributed by atoms with Crippen molar-refractivity contribution in [1.29, 1.82) is 0 Å². The summed E-state index contributed by atoms with van der Waals surface area (Å²) in [5.74, 6) is -0.282. The molecule has 0 bridgehead atoms. The number of aliphatic hydroxyl groups is 1. The molecule has 0 radical (unpaired) electrons. The van der Waals surface area contributed by atoms with E-state index in [-0.39, 0.29) is 19.1 Å². The molecule has 2 N–H and O–H groups in total. The van der Waals surface area contributed by atoms with Gasteiger partial charge in [0.1, 0.15) is 24.4 Å². The van der Waals surface area contributed by atoms with Gasteiger partial charge in [-0.1, -0.05) is 60.7 Å². The minimum atomic E-state index is -1.58. The molecule has 1 amide bonds. The van der Waals surface area contributed by atoms with E-state index in [1.165, 1.54) is 14.0 Å². The summed E-state index contributed by atoms with van der Waals surface area (Å²) in [5.41, 5.74) is 1.86. The van der Waals surface area contributed by atoms with Gasteiger partial charge in [0.2, 0.25) is 5.91 Å². The van der Waals surface area contributed by atoms with Gasteiger partial charge < -0.3 is 29.4 Å². The Bertz CT molecular complexity index is 806. The monoisotopic (exact) mass is 416 g/mol. The molecule has 0 aliphatic carbocycles. The molecule has 1 aliphatic rings. The highest BCUT2D eigenvalue weighted by Gasteiger charge is 2.48. The Kier molecular flexibility index (Phi) is 7.82. The Morgan fingerprint density at radius 2 is 1.57 bits per heavy atom. The molecule has 1 fully saturated rings. The maximum Gasteiger partial charge on any atom is 0.217 e. The number of rotatable bonds is 9. The topological polar surface area (TPSA) is 86.2 Å². The number of nitrogens with one attached hydrogen (secondary N) is 1. The van der Waals surface area contributed by atoms with Crippen LogP contribution in [-0.2, 0) is 37.0 Å². The molecular weight excluding hydrogens is 386 g/mol. The van der Waals surface area contributed by atoms with Gasteiger partial charge in [0.25, 0.3) is 0 Å². The van der Waals surface area contributed by atoms with Gasteiger partial charge in [0.15, 0.2) is 6.29 Å². The molecule has 162 valence electrons. The SMILES string of the molecule is [2H][C@@H](O)[C@H]1O[C@H](OC)[C@H](NC(C)=O)[C@@H](OCc2ccccc2)[C@@H]1OCc1ccccc1. The van der Waals surface area contributed by atoms with Crippen LogP contribution in [0.25, 0.3) is 0 Å². The molecule has 1 saturated heterocycles. The summed E-state index contributed by atoms with van der Waals surface area (Å²) in [6.45, 7) is 0.295. The van der Waals surface area contributed by atoms with E-state index >= 15 is 0 Å². The zero-order valence-electron chi connectivity index (χ0n) is 18.1. The summed E-state index contributed by atoms with van der Waals surface area (Å²) in [6.07, 6.45) is -3.48. The van der Waals surface area contributed by atoms with Crippen LogP contribution < -0.4 is 5.32 Å². The van der Waals surface area contributed by atoms with Gasteiger partial charge >= 0.3 is 0 Å². The van der Waals surface area contributed by atoms with Crippen molar-refractivity contribution in [3.05, 3.63) is 71.8 Å². The minimum absolute atomic E-state index is 0.230. The third kappa shape index (κ3) is 5.87. The van der Waals surface area contributed by atoms with Crippen molar-refractivity contribution in [3.8, 4) is 0 Å². The van der Waals surface area contributed by atoms with Crippen LogP contribution in [0.3, 0.4) is 0 Å². The number of hydrogen-bond donors (Lipinski definition) is 2. The lowest BCUT2D eigenvalue weighted by Crippen LogP contribution is -2.65. The molecule has 30 heavy (non-hydrogen) atoms. The first-order valence-corrected chi connectivity index (χ1v) is 9.86. The lowest BCUT2D eigenvalue weighted by Gasteiger charge is -2.45. The first-order valence-electron chi connectivity index (χ1n) is 10.4. The number of amides is 1. The lowest BCUT2D eigenvalue weighted by atomic mass is 9.96. The Balaban J connectivity index is 1.87. The second-order valence-electron chi connectivity index (χ2n) is 7.10. The standard InChI is InChI=1S/C23H29NO6/c1-16(26)24-20-22(29-15-18-11-7-4-8-12-18)21(19(13-25)30-23(20)27-2)28-14-17-9-5-3-6-10-17/h3-12,19-23,25H,13-15H2,1-2H3,(H,24,26)/t19-,20-,21-,22-,23+/m1/s1/i13D/t13-,19-,20-,21-,22-,23+. The molecule has 0 aromatic heterocycles. The molecule has 1 aliphatic heterocycles. The number of methoxy groups -OCH3 is 1. The number of hydrogen-bond acceptors (Lipinski definition) is 6. The van der Waals surface area contributed by atoms with Crippen LogP contribution in [-0.4, -0.2) is 55.4 Å². The number of benzene rings is 2. The minimum Gasteiger partial charge on any atom is -0.394 e. The van der Waals surface area contributed by atoms with Crippen LogP contribution in [0.2, 0.25) is 0 Å². The second-order valence-corrected chi connectivity index (χ2v) is 7.10. The average Bonchev–Trinajstić information content (AvgIpc) is 2.77. The summed E-state index contributed by atoms with van der Waals surface area (Å²) in [5, 5.41) is 12.9. The summed E-state index contributed by atoms with van der Waals surface area (Å²) >= 11 is 0. The highest BCUT2D eigenvalue weighted by molar-refractivity contribution is 5.73. The fourth-order valence-electron chi connectivity index (χ4n) is 3.49. The quantitative estimate of drug-likeness (QED) is 0.651. The Morgan fingerprint density at radius 3 is 2.03 bits per heavy atom. The van der Waals surface area contributed by atoms with Crippen LogP contribution >= 0.6 is 0 Å². The van der Waals surface area contributed by atoms with E-state index < -0.39 is 37.2 Å². The fraction of sp³-hybridized carbons (Fsp3) is 0.435. The zero-order valence-corrected chi connectivity index (χ0v) is 17.1. The molecule has 1 heterocycles. The summed E-state index contributed by atoms with van der Waals surface area (Å²) < 4.78 is 31.4. The largest absolute Gasteiger partial charge is 0.394 e.